The molecule has 17 heavy (non-hydrogen) atoms. The quantitative estimate of drug-likeness (QED) is 0.733. The van der Waals surface area contributed by atoms with Crippen LogP contribution >= 0.6 is 0 Å². The SMILES string of the molecule is CC(C)N1C(=O)C(C)(C)Nc2ccc(O)cc21. The van der Waals surface area contributed by atoms with Crippen molar-refractivity contribution in [2.24, 2.45) is 0 Å². The number of phenols is 1. The molecule has 1 aliphatic rings. The topological polar surface area (TPSA) is 52.6 Å². The van der Waals surface area contributed by atoms with Crippen molar-refractivity contribution in [2.75, 3.05) is 10.2 Å². The van der Waals surface area contributed by atoms with Crippen molar-refractivity contribution in [3.05, 3.63) is 18.2 Å². The number of hydrogen-bond acceptors (Lipinski definition) is 3. The zero-order chi connectivity index (χ0) is 12.8. The number of carbonyl (C=O) groups excluding carboxylic acids is 1. The van der Waals surface area contributed by atoms with E-state index < -0.39 is 5.54 Å². The van der Waals surface area contributed by atoms with E-state index in [0.717, 1.165) is 11.4 Å². The molecule has 2 rings (SSSR count). The third-order valence-electron chi connectivity index (χ3n) is 2.96. The fourth-order valence-corrected chi connectivity index (χ4v) is 2.14. The van der Waals surface area contributed by atoms with Crippen molar-refractivity contribution in [3.8, 4) is 5.75 Å². The number of phenolic OH excluding ortho intramolecular Hbond substituents is 1. The molecule has 0 saturated heterocycles. The Balaban J connectivity index is 2.59. The number of nitrogens with one attached hydrogen (secondary N) is 1. The van der Waals surface area contributed by atoms with Crippen molar-refractivity contribution in [3.63, 3.8) is 0 Å². The third-order valence-corrected chi connectivity index (χ3v) is 2.96. The molecule has 4 nitrogen and oxygen atoms in total. The van der Waals surface area contributed by atoms with E-state index in [-0.39, 0.29) is 17.7 Å². The van der Waals surface area contributed by atoms with E-state index in [0.29, 0.717) is 0 Å². The van der Waals surface area contributed by atoms with E-state index in [1.807, 2.05) is 27.7 Å². The molecule has 0 atom stereocenters. The van der Waals surface area contributed by atoms with Gasteiger partial charge < -0.3 is 15.3 Å². The number of rotatable bonds is 1. The van der Waals surface area contributed by atoms with Crippen LogP contribution in [0.1, 0.15) is 27.7 Å². The van der Waals surface area contributed by atoms with Crippen molar-refractivity contribution in [1.29, 1.82) is 0 Å². The molecule has 92 valence electrons. The average molecular weight is 234 g/mol. The molecule has 0 aliphatic carbocycles. The van der Waals surface area contributed by atoms with Gasteiger partial charge in [-0.15, -0.1) is 0 Å². The Bertz CT molecular complexity index is 466. The van der Waals surface area contributed by atoms with Gasteiger partial charge in [0.15, 0.2) is 0 Å². The van der Waals surface area contributed by atoms with Gasteiger partial charge in [-0.25, -0.2) is 0 Å². The van der Waals surface area contributed by atoms with Crippen LogP contribution in [0.5, 0.6) is 5.75 Å². The maximum absolute atomic E-state index is 12.3. The first kappa shape index (κ1) is 11.8. The van der Waals surface area contributed by atoms with E-state index in [1.165, 1.54) is 0 Å². The van der Waals surface area contributed by atoms with Crippen molar-refractivity contribution < 1.29 is 9.90 Å². The Morgan fingerprint density at radius 1 is 1.35 bits per heavy atom. The van der Waals surface area contributed by atoms with E-state index in [1.54, 1.807) is 23.1 Å². The summed E-state index contributed by atoms with van der Waals surface area (Å²) >= 11 is 0. The lowest BCUT2D eigenvalue weighted by atomic mass is 9.97. The molecule has 1 aliphatic heterocycles. The highest BCUT2D eigenvalue weighted by Gasteiger charge is 2.39. The van der Waals surface area contributed by atoms with Crippen molar-refractivity contribution in [2.45, 2.75) is 39.3 Å². The van der Waals surface area contributed by atoms with E-state index >= 15 is 0 Å². The predicted molar refractivity (Wildman–Crippen MR) is 68.4 cm³/mol. The number of amides is 1. The standard InChI is InChI=1S/C13H18N2O2/c1-8(2)15-11-7-9(16)5-6-10(11)14-13(3,4)12(15)17/h5-8,14,16H,1-4H3. The van der Waals surface area contributed by atoms with Gasteiger partial charge in [-0.05, 0) is 39.8 Å². The van der Waals surface area contributed by atoms with Crippen LogP contribution in [0.25, 0.3) is 0 Å². The molecular weight excluding hydrogens is 216 g/mol. The molecule has 0 fully saturated rings. The Morgan fingerprint density at radius 3 is 2.59 bits per heavy atom. The molecule has 2 N–H and O–H groups in total. The second-order valence-corrected chi connectivity index (χ2v) is 5.22. The second kappa shape index (κ2) is 3.65. The molecule has 0 saturated carbocycles. The summed E-state index contributed by atoms with van der Waals surface area (Å²) in [6.07, 6.45) is 0. The number of carbonyl (C=O) groups is 1. The number of nitrogens with zero attached hydrogens (tertiary/aromatic N) is 1. The molecule has 0 radical (unpaired) electrons. The molecule has 0 unspecified atom stereocenters. The van der Waals surface area contributed by atoms with Crippen molar-refractivity contribution >= 4 is 17.3 Å². The van der Waals surface area contributed by atoms with Crippen LogP contribution in [0.15, 0.2) is 18.2 Å². The molecule has 0 spiro atoms. The fourth-order valence-electron chi connectivity index (χ4n) is 2.14. The monoisotopic (exact) mass is 234 g/mol. The lowest BCUT2D eigenvalue weighted by Gasteiger charge is -2.41. The highest BCUT2D eigenvalue weighted by atomic mass is 16.3. The molecule has 1 aromatic rings. The van der Waals surface area contributed by atoms with Crippen LogP contribution < -0.4 is 10.2 Å². The number of fused-ring (bicyclic) bond motifs is 1. The number of hydrogen-bond donors (Lipinski definition) is 2. The second-order valence-electron chi connectivity index (χ2n) is 5.22. The molecule has 4 heteroatoms. The number of aromatic hydroxyl groups is 1. The summed E-state index contributed by atoms with van der Waals surface area (Å²) in [5.41, 5.74) is 0.999. The van der Waals surface area contributed by atoms with Crippen LogP contribution in [-0.2, 0) is 4.79 Å². The summed E-state index contributed by atoms with van der Waals surface area (Å²) in [4.78, 5) is 14.1. The van der Waals surface area contributed by atoms with Gasteiger partial charge in [-0.2, -0.15) is 0 Å². The minimum atomic E-state index is -0.617. The van der Waals surface area contributed by atoms with Crippen LogP contribution in [-0.4, -0.2) is 22.6 Å². The number of benzene rings is 1. The van der Waals surface area contributed by atoms with Crippen LogP contribution in [0, 0.1) is 0 Å². The van der Waals surface area contributed by atoms with Gasteiger partial charge in [-0.3, -0.25) is 4.79 Å². The lowest BCUT2D eigenvalue weighted by molar-refractivity contribution is -0.122. The smallest absolute Gasteiger partial charge is 0.252 e. The molecule has 1 aromatic carbocycles. The van der Waals surface area contributed by atoms with Gasteiger partial charge in [0.1, 0.15) is 11.3 Å². The van der Waals surface area contributed by atoms with Gasteiger partial charge in [0, 0.05) is 12.1 Å². The van der Waals surface area contributed by atoms with E-state index in [9.17, 15) is 9.90 Å². The summed E-state index contributed by atoms with van der Waals surface area (Å²) in [5, 5.41) is 12.7. The Labute approximate surface area is 101 Å². The summed E-state index contributed by atoms with van der Waals surface area (Å²) in [7, 11) is 0. The number of anilines is 2. The highest BCUT2D eigenvalue weighted by molar-refractivity contribution is 6.07. The van der Waals surface area contributed by atoms with Gasteiger partial charge >= 0.3 is 0 Å². The Hall–Kier alpha value is -1.71. The molecular formula is C13H18N2O2. The van der Waals surface area contributed by atoms with Crippen molar-refractivity contribution in [1.82, 2.24) is 0 Å². The third kappa shape index (κ3) is 1.84. The molecule has 1 heterocycles. The lowest BCUT2D eigenvalue weighted by Crippen LogP contribution is -2.56. The van der Waals surface area contributed by atoms with Gasteiger partial charge in [0.05, 0.1) is 11.4 Å². The summed E-state index contributed by atoms with van der Waals surface area (Å²) in [5.74, 6) is 0.189. The summed E-state index contributed by atoms with van der Waals surface area (Å²) in [6, 6.07) is 5.10. The van der Waals surface area contributed by atoms with Gasteiger partial charge in [0.25, 0.3) is 5.91 Å². The van der Waals surface area contributed by atoms with Gasteiger partial charge in [0.2, 0.25) is 0 Å². The predicted octanol–water partition coefficient (Wildman–Crippen LogP) is 2.34. The van der Waals surface area contributed by atoms with E-state index in [4.69, 9.17) is 0 Å². The normalized spacial score (nSPS) is 17.9. The minimum Gasteiger partial charge on any atom is -0.508 e. The van der Waals surface area contributed by atoms with E-state index in [2.05, 4.69) is 5.32 Å². The zero-order valence-electron chi connectivity index (χ0n) is 10.6. The largest absolute Gasteiger partial charge is 0.508 e. The Kier molecular flexibility index (Phi) is 2.53. The highest BCUT2D eigenvalue weighted by Crippen LogP contribution is 2.38. The maximum atomic E-state index is 12.3. The van der Waals surface area contributed by atoms with Gasteiger partial charge in [-0.1, -0.05) is 0 Å². The molecule has 1 amide bonds. The molecule has 0 bridgehead atoms. The minimum absolute atomic E-state index is 0.0191. The molecule has 0 aromatic heterocycles. The first-order chi connectivity index (χ1) is 7.83. The van der Waals surface area contributed by atoms with Crippen LogP contribution in [0.2, 0.25) is 0 Å². The first-order valence-corrected chi connectivity index (χ1v) is 5.78. The first-order valence-electron chi connectivity index (χ1n) is 5.78. The fraction of sp³-hybridized carbons (Fsp3) is 0.462. The summed E-state index contributed by atoms with van der Waals surface area (Å²) < 4.78 is 0. The Morgan fingerprint density at radius 2 is 2.00 bits per heavy atom. The summed E-state index contributed by atoms with van der Waals surface area (Å²) in [6.45, 7) is 7.65. The van der Waals surface area contributed by atoms with Crippen LogP contribution in [0.3, 0.4) is 0 Å². The van der Waals surface area contributed by atoms with Crippen LogP contribution in [0.4, 0.5) is 11.4 Å². The average Bonchev–Trinajstić information content (AvgIpc) is 2.20. The maximum Gasteiger partial charge on any atom is 0.252 e. The zero-order valence-corrected chi connectivity index (χ0v) is 10.6.